The number of nitrogens with zero attached hydrogens (tertiary/aromatic N) is 4. The van der Waals surface area contributed by atoms with Crippen LogP contribution in [0.4, 0.5) is 0 Å². The summed E-state index contributed by atoms with van der Waals surface area (Å²) in [6, 6.07) is 7.61. The number of halogens is 1. The van der Waals surface area contributed by atoms with Gasteiger partial charge in [-0.1, -0.05) is 54.6 Å². The Morgan fingerprint density at radius 3 is 2.72 bits per heavy atom. The molecular formula is C23H30ClN5O3. The Morgan fingerprint density at radius 2 is 2.00 bits per heavy atom. The maximum atomic E-state index is 13.3. The van der Waals surface area contributed by atoms with Crippen LogP contribution in [0, 0.1) is 0 Å². The van der Waals surface area contributed by atoms with E-state index < -0.39 is 5.97 Å². The van der Waals surface area contributed by atoms with Gasteiger partial charge >= 0.3 is 5.97 Å². The fraction of sp³-hybridized carbons (Fsp3) is 0.565. The molecule has 1 N–H and O–H groups in total. The molecule has 0 radical (unpaired) electrons. The van der Waals surface area contributed by atoms with Crippen LogP contribution in [0.2, 0.25) is 5.02 Å². The number of ether oxygens (including phenoxy) is 1. The Bertz CT molecular complexity index is 941. The molecule has 1 saturated heterocycles. The number of benzene rings is 1. The van der Waals surface area contributed by atoms with Gasteiger partial charge in [0.25, 0.3) is 0 Å². The van der Waals surface area contributed by atoms with E-state index in [-0.39, 0.29) is 29.7 Å². The standard InChI is InChI=1S/C23H30ClN5O3/c1-32-23(31)20-15-29(27-26-20)19-12-21(22(30)25-18-9-4-2-3-5-10-18)28(14-19)13-16-7-6-8-17(24)11-16/h6-8,11,15,18-19,21H,2-5,9-10,12-14H2,1H3,(H,25,30)/t19-,21-/m0/s1. The summed E-state index contributed by atoms with van der Waals surface area (Å²) in [6.45, 7) is 1.23. The second-order valence-corrected chi connectivity index (χ2v) is 9.17. The molecule has 0 bridgehead atoms. The average Bonchev–Trinajstić information content (AvgIpc) is 3.35. The first-order valence-corrected chi connectivity index (χ1v) is 11.7. The van der Waals surface area contributed by atoms with Crippen LogP contribution in [-0.4, -0.2) is 57.5 Å². The Kier molecular flexibility index (Phi) is 7.42. The number of carbonyl (C=O) groups is 2. The molecule has 1 amide bonds. The van der Waals surface area contributed by atoms with E-state index in [4.69, 9.17) is 16.3 Å². The SMILES string of the molecule is COC(=O)c1cn([C@H]2C[C@@H](C(=O)NC3CCCCCC3)N(Cc3cccc(Cl)c3)C2)nn1. The van der Waals surface area contributed by atoms with E-state index in [0.29, 0.717) is 24.5 Å². The summed E-state index contributed by atoms with van der Waals surface area (Å²) in [7, 11) is 1.32. The molecule has 32 heavy (non-hydrogen) atoms. The van der Waals surface area contributed by atoms with Crippen molar-refractivity contribution in [3.8, 4) is 0 Å². The molecule has 0 unspecified atom stereocenters. The van der Waals surface area contributed by atoms with Crippen LogP contribution < -0.4 is 5.32 Å². The van der Waals surface area contributed by atoms with E-state index >= 15 is 0 Å². The van der Waals surface area contributed by atoms with Gasteiger partial charge in [-0.15, -0.1) is 5.10 Å². The van der Waals surface area contributed by atoms with Gasteiger partial charge in [-0.3, -0.25) is 9.69 Å². The smallest absolute Gasteiger partial charge is 0.360 e. The minimum atomic E-state index is -0.521. The summed E-state index contributed by atoms with van der Waals surface area (Å²) in [4.78, 5) is 27.3. The minimum Gasteiger partial charge on any atom is -0.464 e. The number of amides is 1. The van der Waals surface area contributed by atoms with Gasteiger partial charge in [-0.2, -0.15) is 0 Å². The Hall–Kier alpha value is -2.45. The molecule has 1 saturated carbocycles. The topological polar surface area (TPSA) is 89.4 Å². The third-order valence-corrected chi connectivity index (χ3v) is 6.67. The van der Waals surface area contributed by atoms with Crippen molar-refractivity contribution in [3.63, 3.8) is 0 Å². The van der Waals surface area contributed by atoms with Crippen molar-refractivity contribution in [2.24, 2.45) is 0 Å². The van der Waals surface area contributed by atoms with Crippen molar-refractivity contribution in [2.75, 3.05) is 13.7 Å². The van der Waals surface area contributed by atoms with Crippen molar-refractivity contribution in [1.82, 2.24) is 25.2 Å². The van der Waals surface area contributed by atoms with Gasteiger partial charge in [-0.25, -0.2) is 9.48 Å². The molecule has 2 aromatic rings. The molecule has 1 aromatic heterocycles. The van der Waals surface area contributed by atoms with Crippen molar-refractivity contribution < 1.29 is 14.3 Å². The highest BCUT2D eigenvalue weighted by atomic mass is 35.5. The second kappa shape index (κ2) is 10.4. The maximum Gasteiger partial charge on any atom is 0.360 e. The highest BCUT2D eigenvalue weighted by Gasteiger charge is 2.39. The lowest BCUT2D eigenvalue weighted by molar-refractivity contribution is -0.126. The molecule has 9 heteroatoms. The fourth-order valence-corrected chi connectivity index (χ4v) is 4.98. The van der Waals surface area contributed by atoms with Gasteiger partial charge in [0.1, 0.15) is 0 Å². The van der Waals surface area contributed by atoms with E-state index in [9.17, 15) is 9.59 Å². The fourth-order valence-electron chi connectivity index (χ4n) is 4.76. The van der Waals surface area contributed by atoms with Crippen LogP contribution in [0.5, 0.6) is 0 Å². The van der Waals surface area contributed by atoms with Gasteiger partial charge in [0.05, 0.1) is 25.4 Å². The first-order chi connectivity index (χ1) is 15.5. The van der Waals surface area contributed by atoms with Crippen LogP contribution in [0.25, 0.3) is 0 Å². The highest BCUT2D eigenvalue weighted by Crippen LogP contribution is 2.30. The van der Waals surface area contributed by atoms with E-state index in [0.717, 1.165) is 18.4 Å². The molecule has 2 atom stereocenters. The normalized spacial score (nSPS) is 22.4. The van der Waals surface area contributed by atoms with Crippen molar-refractivity contribution >= 4 is 23.5 Å². The van der Waals surface area contributed by atoms with Gasteiger partial charge in [0.15, 0.2) is 5.69 Å². The lowest BCUT2D eigenvalue weighted by Gasteiger charge is -2.26. The van der Waals surface area contributed by atoms with Gasteiger partial charge in [-0.05, 0) is 37.0 Å². The van der Waals surface area contributed by atoms with Crippen molar-refractivity contribution in [1.29, 1.82) is 0 Å². The molecule has 172 valence electrons. The minimum absolute atomic E-state index is 0.0646. The zero-order chi connectivity index (χ0) is 22.5. The molecule has 2 fully saturated rings. The number of carbonyl (C=O) groups excluding carboxylic acids is 2. The number of aromatic nitrogens is 3. The summed E-state index contributed by atoms with van der Waals surface area (Å²) < 4.78 is 6.41. The second-order valence-electron chi connectivity index (χ2n) is 8.74. The first kappa shape index (κ1) is 22.7. The lowest BCUT2D eigenvalue weighted by Crippen LogP contribution is -2.46. The zero-order valence-corrected chi connectivity index (χ0v) is 19.1. The summed E-state index contributed by atoms with van der Waals surface area (Å²) in [5, 5.41) is 12.0. The van der Waals surface area contributed by atoms with Crippen molar-refractivity contribution in [3.05, 3.63) is 46.7 Å². The summed E-state index contributed by atoms with van der Waals surface area (Å²) >= 11 is 6.18. The third kappa shape index (κ3) is 5.48. The summed E-state index contributed by atoms with van der Waals surface area (Å²) in [6.07, 6.45) is 9.10. The summed E-state index contributed by atoms with van der Waals surface area (Å²) in [5.74, 6) is -0.456. The van der Waals surface area contributed by atoms with Crippen LogP contribution in [0.3, 0.4) is 0 Å². The van der Waals surface area contributed by atoms with Gasteiger partial charge in [0.2, 0.25) is 5.91 Å². The molecule has 0 spiro atoms. The lowest BCUT2D eigenvalue weighted by atomic mass is 10.1. The Morgan fingerprint density at radius 1 is 1.22 bits per heavy atom. The zero-order valence-electron chi connectivity index (χ0n) is 18.4. The first-order valence-electron chi connectivity index (χ1n) is 11.3. The molecule has 1 aromatic carbocycles. The number of hydrogen-bond acceptors (Lipinski definition) is 6. The number of nitrogens with one attached hydrogen (secondary N) is 1. The summed E-state index contributed by atoms with van der Waals surface area (Å²) in [5.41, 5.74) is 1.22. The van der Waals surface area contributed by atoms with Gasteiger partial charge in [0, 0.05) is 24.2 Å². The molecule has 2 heterocycles. The number of methoxy groups -OCH3 is 1. The Balaban J connectivity index is 1.51. The quantitative estimate of drug-likeness (QED) is 0.526. The highest BCUT2D eigenvalue weighted by molar-refractivity contribution is 6.30. The van der Waals surface area contributed by atoms with Crippen LogP contribution >= 0.6 is 11.6 Å². The van der Waals surface area contributed by atoms with E-state index in [1.165, 1.54) is 32.8 Å². The van der Waals surface area contributed by atoms with Crippen LogP contribution in [0.15, 0.2) is 30.5 Å². The van der Waals surface area contributed by atoms with E-state index in [2.05, 4.69) is 20.5 Å². The molecule has 1 aliphatic carbocycles. The molecule has 2 aliphatic rings. The van der Waals surface area contributed by atoms with Crippen LogP contribution in [-0.2, 0) is 16.1 Å². The van der Waals surface area contributed by atoms with Crippen LogP contribution in [0.1, 0.15) is 67.0 Å². The van der Waals surface area contributed by atoms with Gasteiger partial charge < -0.3 is 10.1 Å². The molecule has 4 rings (SSSR count). The number of rotatable bonds is 6. The predicted molar refractivity (Wildman–Crippen MR) is 120 cm³/mol. The third-order valence-electron chi connectivity index (χ3n) is 6.44. The Labute approximate surface area is 193 Å². The molecule has 1 aliphatic heterocycles. The average molecular weight is 460 g/mol. The largest absolute Gasteiger partial charge is 0.464 e. The maximum absolute atomic E-state index is 13.3. The van der Waals surface area contributed by atoms with E-state index in [1.807, 2.05) is 24.3 Å². The number of hydrogen-bond donors (Lipinski definition) is 1. The van der Waals surface area contributed by atoms with Crippen molar-refractivity contribution in [2.45, 2.75) is 69.6 Å². The predicted octanol–water partition coefficient (Wildman–Crippen LogP) is 3.37. The molecule has 8 nitrogen and oxygen atoms in total. The number of likely N-dealkylation sites (tertiary alicyclic amines) is 1. The molecular weight excluding hydrogens is 430 g/mol. The van der Waals surface area contributed by atoms with E-state index in [1.54, 1.807) is 10.9 Å². The monoisotopic (exact) mass is 459 g/mol. The number of esters is 1.